The zero-order chi connectivity index (χ0) is 24.3. The molecule has 1 fully saturated rings. The van der Waals surface area contributed by atoms with Gasteiger partial charge in [0.25, 0.3) is 11.5 Å². The van der Waals surface area contributed by atoms with Crippen LogP contribution in [0.5, 0.6) is 0 Å². The first-order valence-corrected chi connectivity index (χ1v) is 14.3. The maximum Gasteiger partial charge on any atom is 0.287 e. The maximum atomic E-state index is 12.7. The number of nitrogens with zero attached hydrogens (tertiary/aromatic N) is 1. The van der Waals surface area contributed by atoms with Gasteiger partial charge >= 0.3 is 0 Å². The number of halogens is 1. The Labute approximate surface area is 206 Å². The molecule has 8 nitrogen and oxygen atoms in total. The highest BCUT2D eigenvalue weighted by atomic mass is 35.5. The Morgan fingerprint density at radius 2 is 2.12 bits per heavy atom. The summed E-state index contributed by atoms with van der Waals surface area (Å²) >= 11 is 7.25. The summed E-state index contributed by atoms with van der Waals surface area (Å²) in [6, 6.07) is 7.14. The SMILES string of the molecule is CS(=O)(=O)CC1CCC(COCc2csc3nc(C(=O)NCc4cccc(Cl)c4)[nH]c(=O)c23)C1. The van der Waals surface area contributed by atoms with Gasteiger partial charge in [-0.1, -0.05) is 23.7 Å². The lowest BCUT2D eigenvalue weighted by atomic mass is 10.1. The Morgan fingerprint density at radius 1 is 1.32 bits per heavy atom. The van der Waals surface area contributed by atoms with Crippen molar-refractivity contribution in [2.24, 2.45) is 11.8 Å². The Balaban J connectivity index is 1.34. The molecule has 2 aromatic heterocycles. The van der Waals surface area contributed by atoms with Crippen molar-refractivity contribution < 1.29 is 17.9 Å². The van der Waals surface area contributed by atoms with Gasteiger partial charge in [-0.25, -0.2) is 13.4 Å². The van der Waals surface area contributed by atoms with Crippen molar-refractivity contribution >= 4 is 48.9 Å². The normalized spacial score (nSPS) is 18.4. The first kappa shape index (κ1) is 24.8. The number of rotatable bonds is 9. The number of hydrogen-bond acceptors (Lipinski definition) is 7. The Hall–Kier alpha value is -2.27. The van der Waals surface area contributed by atoms with E-state index >= 15 is 0 Å². The number of hydrogen-bond donors (Lipinski definition) is 2. The minimum atomic E-state index is -2.96. The Morgan fingerprint density at radius 3 is 2.88 bits per heavy atom. The van der Waals surface area contributed by atoms with Crippen LogP contribution < -0.4 is 10.9 Å². The number of benzene rings is 1. The molecule has 2 N–H and O–H groups in total. The summed E-state index contributed by atoms with van der Waals surface area (Å²) in [6.07, 6.45) is 3.96. The number of aromatic amines is 1. The fourth-order valence-electron chi connectivity index (χ4n) is 4.38. The van der Waals surface area contributed by atoms with E-state index in [1.807, 2.05) is 11.4 Å². The lowest BCUT2D eigenvalue weighted by Gasteiger charge is -2.11. The molecule has 0 bridgehead atoms. The molecule has 1 amide bonds. The predicted molar refractivity (Wildman–Crippen MR) is 133 cm³/mol. The maximum absolute atomic E-state index is 12.7. The van der Waals surface area contributed by atoms with Gasteiger partial charge in [-0.05, 0) is 54.2 Å². The number of thiophene rings is 1. The average Bonchev–Trinajstić information content (AvgIpc) is 3.38. The topological polar surface area (TPSA) is 118 Å². The van der Waals surface area contributed by atoms with E-state index in [1.165, 1.54) is 17.6 Å². The second-order valence-corrected chi connectivity index (χ2v) is 12.3. The summed E-state index contributed by atoms with van der Waals surface area (Å²) < 4.78 is 28.9. The highest BCUT2D eigenvalue weighted by Gasteiger charge is 2.27. The summed E-state index contributed by atoms with van der Waals surface area (Å²) in [4.78, 5) is 32.6. The molecule has 0 spiro atoms. The van der Waals surface area contributed by atoms with Gasteiger partial charge in [0.1, 0.15) is 14.7 Å². The van der Waals surface area contributed by atoms with E-state index in [0.717, 1.165) is 30.4 Å². The first-order chi connectivity index (χ1) is 16.2. The molecule has 0 saturated heterocycles. The summed E-state index contributed by atoms with van der Waals surface area (Å²) in [5.74, 6) is 0.227. The zero-order valence-corrected chi connectivity index (χ0v) is 21.1. The van der Waals surface area contributed by atoms with E-state index < -0.39 is 15.7 Å². The number of amides is 1. The third kappa shape index (κ3) is 6.44. The highest BCUT2D eigenvalue weighted by Crippen LogP contribution is 2.32. The standard InChI is InChI=1S/C23H26ClN3O5S2/c1-34(30,31)13-16-6-5-15(7-16)10-32-11-17-12-33-23-19(17)21(28)26-20(27-23)22(29)25-9-14-3-2-4-18(24)8-14/h2-4,8,12,15-16H,5-7,9-11,13H2,1H3,(H,25,29)(H,26,27,28). The molecule has 0 aliphatic heterocycles. The molecule has 2 unspecified atom stereocenters. The fourth-order valence-corrected chi connectivity index (χ4v) is 6.68. The van der Waals surface area contributed by atoms with Crippen molar-refractivity contribution in [1.29, 1.82) is 0 Å². The zero-order valence-electron chi connectivity index (χ0n) is 18.7. The molecular formula is C23H26ClN3O5S2. The lowest BCUT2D eigenvalue weighted by Crippen LogP contribution is -2.27. The lowest BCUT2D eigenvalue weighted by molar-refractivity contribution is 0.0887. The van der Waals surface area contributed by atoms with E-state index in [4.69, 9.17) is 16.3 Å². The fraction of sp³-hybridized carbons (Fsp3) is 0.435. The molecule has 0 radical (unpaired) electrons. The number of sulfone groups is 1. The summed E-state index contributed by atoms with van der Waals surface area (Å²) in [7, 11) is -2.96. The minimum Gasteiger partial charge on any atom is -0.376 e. The average molecular weight is 524 g/mol. The third-order valence-corrected chi connectivity index (χ3v) is 8.11. The van der Waals surface area contributed by atoms with Gasteiger partial charge < -0.3 is 15.0 Å². The molecule has 2 heterocycles. The predicted octanol–water partition coefficient (Wildman–Crippen LogP) is 3.55. The number of carbonyl (C=O) groups is 1. The van der Waals surface area contributed by atoms with Gasteiger partial charge in [-0.3, -0.25) is 9.59 Å². The number of aromatic nitrogens is 2. The van der Waals surface area contributed by atoms with Crippen LogP contribution in [0.2, 0.25) is 5.02 Å². The van der Waals surface area contributed by atoms with Crippen molar-refractivity contribution in [1.82, 2.24) is 15.3 Å². The van der Waals surface area contributed by atoms with Gasteiger partial charge in [0.15, 0.2) is 0 Å². The molecular weight excluding hydrogens is 498 g/mol. The first-order valence-electron chi connectivity index (χ1n) is 11.0. The van der Waals surface area contributed by atoms with Crippen LogP contribution in [0, 0.1) is 11.8 Å². The van der Waals surface area contributed by atoms with Crippen LogP contribution in [0.1, 0.15) is 41.0 Å². The smallest absolute Gasteiger partial charge is 0.287 e. The molecule has 182 valence electrons. The van der Waals surface area contributed by atoms with Crippen molar-refractivity contribution in [3.8, 4) is 0 Å². The summed E-state index contributed by atoms with van der Waals surface area (Å²) in [5, 5.41) is 5.56. The molecule has 1 aromatic carbocycles. The van der Waals surface area contributed by atoms with Crippen molar-refractivity contribution in [2.75, 3.05) is 18.6 Å². The number of nitrogens with one attached hydrogen (secondary N) is 2. The van der Waals surface area contributed by atoms with Crippen molar-refractivity contribution in [2.45, 2.75) is 32.4 Å². The summed E-state index contributed by atoms with van der Waals surface area (Å²) in [6.45, 7) is 1.04. The Bertz CT molecular complexity index is 1350. The second kappa shape index (κ2) is 10.6. The van der Waals surface area contributed by atoms with Crippen molar-refractivity contribution in [3.63, 3.8) is 0 Å². The Kier molecular flexibility index (Phi) is 7.71. The molecule has 11 heteroatoms. The van der Waals surface area contributed by atoms with Crippen LogP contribution in [-0.4, -0.2) is 42.9 Å². The van der Waals surface area contributed by atoms with Gasteiger partial charge in [0.2, 0.25) is 5.82 Å². The minimum absolute atomic E-state index is 0.0447. The number of carbonyl (C=O) groups excluding carboxylic acids is 1. The van der Waals surface area contributed by atoms with Crippen LogP contribution >= 0.6 is 22.9 Å². The van der Waals surface area contributed by atoms with Crippen LogP contribution in [0.4, 0.5) is 0 Å². The molecule has 34 heavy (non-hydrogen) atoms. The van der Waals surface area contributed by atoms with E-state index in [1.54, 1.807) is 18.2 Å². The van der Waals surface area contributed by atoms with Crippen LogP contribution in [0.15, 0.2) is 34.4 Å². The molecule has 2 atom stereocenters. The molecule has 4 rings (SSSR count). The van der Waals surface area contributed by atoms with Gasteiger partial charge in [0.05, 0.1) is 17.7 Å². The number of ether oxygens (including phenoxy) is 1. The summed E-state index contributed by atoms with van der Waals surface area (Å²) in [5.41, 5.74) is 1.18. The van der Waals surface area contributed by atoms with Crippen LogP contribution in [0.25, 0.3) is 10.2 Å². The van der Waals surface area contributed by atoms with E-state index in [2.05, 4.69) is 15.3 Å². The highest BCUT2D eigenvalue weighted by molar-refractivity contribution is 7.90. The van der Waals surface area contributed by atoms with Crippen LogP contribution in [0.3, 0.4) is 0 Å². The van der Waals surface area contributed by atoms with Crippen LogP contribution in [-0.2, 0) is 27.7 Å². The largest absolute Gasteiger partial charge is 0.376 e. The molecule has 1 aliphatic rings. The van der Waals surface area contributed by atoms with Crippen molar-refractivity contribution in [3.05, 3.63) is 62.0 Å². The molecule has 3 aromatic rings. The van der Waals surface area contributed by atoms with E-state index in [-0.39, 0.29) is 36.2 Å². The third-order valence-electron chi connectivity index (χ3n) is 5.88. The number of H-pyrrole nitrogens is 1. The van der Waals surface area contributed by atoms with E-state index in [9.17, 15) is 18.0 Å². The van der Waals surface area contributed by atoms with Gasteiger partial charge in [-0.2, -0.15) is 0 Å². The monoisotopic (exact) mass is 523 g/mol. The van der Waals surface area contributed by atoms with Gasteiger partial charge in [-0.15, -0.1) is 11.3 Å². The second-order valence-electron chi connectivity index (χ2n) is 8.82. The number of fused-ring (bicyclic) bond motifs is 1. The quantitative estimate of drug-likeness (QED) is 0.443. The molecule has 1 aliphatic carbocycles. The van der Waals surface area contributed by atoms with E-state index in [0.29, 0.717) is 27.8 Å². The molecule has 1 saturated carbocycles. The van der Waals surface area contributed by atoms with Gasteiger partial charge in [0, 0.05) is 30.0 Å².